The quantitative estimate of drug-likeness (QED) is 0.807. The largest absolute Gasteiger partial charge is 0.343 e. The summed E-state index contributed by atoms with van der Waals surface area (Å²) in [6.07, 6.45) is 0. The first-order valence-corrected chi connectivity index (χ1v) is 7.72. The molecule has 0 radical (unpaired) electrons. The van der Waals surface area contributed by atoms with Crippen molar-refractivity contribution >= 4 is 49.4 Å². The lowest BCUT2D eigenvalue weighted by atomic mass is 10.2. The van der Waals surface area contributed by atoms with E-state index in [-0.39, 0.29) is 18.4 Å². The Hall–Kier alpha value is -1.66. The Morgan fingerprint density at radius 3 is 2.29 bits per heavy atom. The van der Waals surface area contributed by atoms with Gasteiger partial charge in [0.25, 0.3) is 5.91 Å². The van der Waals surface area contributed by atoms with E-state index in [0.717, 1.165) is 8.95 Å². The molecule has 2 aromatic carbocycles. The number of amides is 2. The van der Waals surface area contributed by atoms with Crippen LogP contribution in [-0.2, 0) is 4.79 Å². The molecule has 2 amide bonds. The van der Waals surface area contributed by atoms with Gasteiger partial charge >= 0.3 is 0 Å². The zero-order valence-electron chi connectivity index (χ0n) is 10.9. The minimum absolute atomic E-state index is 0.0855. The first kappa shape index (κ1) is 15.7. The van der Waals surface area contributed by atoms with Crippen molar-refractivity contribution in [1.29, 1.82) is 0 Å². The van der Waals surface area contributed by atoms with Crippen LogP contribution in [0.5, 0.6) is 0 Å². The van der Waals surface area contributed by atoms with Gasteiger partial charge in [-0.1, -0.05) is 44.0 Å². The van der Waals surface area contributed by atoms with E-state index in [4.69, 9.17) is 0 Å². The number of carbonyl (C=O) groups is 2. The maximum Gasteiger partial charge on any atom is 0.251 e. The molecule has 0 fully saturated rings. The van der Waals surface area contributed by atoms with Crippen LogP contribution < -0.4 is 10.6 Å². The summed E-state index contributed by atoms with van der Waals surface area (Å²) in [6.45, 7) is -0.0855. The van der Waals surface area contributed by atoms with Crippen molar-refractivity contribution in [3.05, 3.63) is 63.0 Å². The number of anilines is 1. The summed E-state index contributed by atoms with van der Waals surface area (Å²) in [6, 6.07) is 14.2. The van der Waals surface area contributed by atoms with Gasteiger partial charge in [0.15, 0.2) is 0 Å². The third-order valence-corrected chi connectivity index (χ3v) is 3.59. The standard InChI is InChI=1S/C15H12Br2N2O2/c16-11-4-1-3-10(7-11)15(21)18-9-14(20)19-13-6-2-5-12(17)8-13/h1-8H,9H2,(H,18,21)(H,19,20). The molecule has 0 saturated heterocycles. The Morgan fingerprint density at radius 1 is 0.952 bits per heavy atom. The fraction of sp³-hybridized carbons (Fsp3) is 0.0667. The third kappa shape index (κ3) is 4.99. The van der Waals surface area contributed by atoms with Gasteiger partial charge in [-0.3, -0.25) is 9.59 Å². The van der Waals surface area contributed by atoms with Gasteiger partial charge < -0.3 is 10.6 Å². The van der Waals surface area contributed by atoms with Gasteiger partial charge in [-0.25, -0.2) is 0 Å². The van der Waals surface area contributed by atoms with Crippen molar-refractivity contribution in [2.24, 2.45) is 0 Å². The smallest absolute Gasteiger partial charge is 0.251 e. The van der Waals surface area contributed by atoms with Gasteiger partial charge in [-0.05, 0) is 36.4 Å². The predicted octanol–water partition coefficient (Wildman–Crippen LogP) is 3.58. The fourth-order valence-electron chi connectivity index (χ4n) is 1.66. The molecule has 0 aliphatic heterocycles. The molecule has 21 heavy (non-hydrogen) atoms. The van der Waals surface area contributed by atoms with E-state index in [1.807, 2.05) is 18.2 Å². The van der Waals surface area contributed by atoms with Crippen LogP contribution in [-0.4, -0.2) is 18.4 Å². The van der Waals surface area contributed by atoms with Gasteiger partial charge in [0.2, 0.25) is 5.91 Å². The lowest BCUT2D eigenvalue weighted by Crippen LogP contribution is -2.32. The summed E-state index contributed by atoms with van der Waals surface area (Å²) >= 11 is 6.62. The number of hydrogen-bond acceptors (Lipinski definition) is 2. The summed E-state index contributed by atoms with van der Waals surface area (Å²) < 4.78 is 1.69. The van der Waals surface area contributed by atoms with E-state index in [1.54, 1.807) is 30.3 Å². The van der Waals surface area contributed by atoms with Crippen LogP contribution in [0.2, 0.25) is 0 Å². The highest BCUT2D eigenvalue weighted by atomic mass is 79.9. The van der Waals surface area contributed by atoms with Gasteiger partial charge in [0.05, 0.1) is 6.54 Å². The minimum atomic E-state index is -0.291. The second-order valence-corrected chi connectivity index (χ2v) is 6.08. The topological polar surface area (TPSA) is 58.2 Å². The van der Waals surface area contributed by atoms with Crippen molar-refractivity contribution in [2.75, 3.05) is 11.9 Å². The Bertz CT molecular complexity index is 674. The minimum Gasteiger partial charge on any atom is -0.343 e. The Kier molecular flexibility index (Phi) is 5.52. The molecule has 2 rings (SSSR count). The lowest BCUT2D eigenvalue weighted by Gasteiger charge is -2.07. The highest BCUT2D eigenvalue weighted by molar-refractivity contribution is 9.10. The molecule has 0 heterocycles. The first-order valence-electron chi connectivity index (χ1n) is 6.14. The van der Waals surface area contributed by atoms with Crippen molar-refractivity contribution in [2.45, 2.75) is 0 Å². The van der Waals surface area contributed by atoms with Crippen LogP contribution in [0.3, 0.4) is 0 Å². The molecular formula is C15H12Br2N2O2. The maximum absolute atomic E-state index is 11.9. The zero-order valence-corrected chi connectivity index (χ0v) is 14.1. The fourth-order valence-corrected chi connectivity index (χ4v) is 2.46. The van der Waals surface area contributed by atoms with Crippen molar-refractivity contribution in [3.63, 3.8) is 0 Å². The second-order valence-electron chi connectivity index (χ2n) is 4.25. The van der Waals surface area contributed by atoms with E-state index in [0.29, 0.717) is 11.3 Å². The van der Waals surface area contributed by atoms with E-state index < -0.39 is 0 Å². The average molecular weight is 412 g/mol. The van der Waals surface area contributed by atoms with Crippen LogP contribution in [0.15, 0.2) is 57.5 Å². The first-order chi connectivity index (χ1) is 10.0. The van der Waals surface area contributed by atoms with Crippen LogP contribution in [0.25, 0.3) is 0 Å². The Labute approximate surface area is 139 Å². The molecule has 108 valence electrons. The number of halogens is 2. The summed E-state index contributed by atoms with van der Waals surface area (Å²) in [4.78, 5) is 23.7. The molecule has 2 aromatic rings. The number of carbonyl (C=O) groups excluding carboxylic acids is 2. The summed E-state index contributed by atoms with van der Waals surface area (Å²) in [5.41, 5.74) is 1.17. The SMILES string of the molecule is O=C(CNC(=O)c1cccc(Br)c1)Nc1cccc(Br)c1. The molecule has 6 heteroatoms. The molecule has 0 aromatic heterocycles. The van der Waals surface area contributed by atoms with Crippen LogP contribution in [0.1, 0.15) is 10.4 Å². The highest BCUT2D eigenvalue weighted by Gasteiger charge is 2.08. The number of rotatable bonds is 4. The van der Waals surface area contributed by atoms with Gasteiger partial charge in [-0.2, -0.15) is 0 Å². The predicted molar refractivity (Wildman–Crippen MR) is 89.2 cm³/mol. The molecule has 2 N–H and O–H groups in total. The molecule has 0 atom stereocenters. The monoisotopic (exact) mass is 410 g/mol. The van der Waals surface area contributed by atoms with E-state index in [2.05, 4.69) is 42.5 Å². The number of benzene rings is 2. The Morgan fingerprint density at radius 2 is 1.62 bits per heavy atom. The van der Waals surface area contributed by atoms with Crippen molar-refractivity contribution in [3.8, 4) is 0 Å². The van der Waals surface area contributed by atoms with Gasteiger partial charge in [-0.15, -0.1) is 0 Å². The zero-order chi connectivity index (χ0) is 15.2. The van der Waals surface area contributed by atoms with Gasteiger partial charge in [0, 0.05) is 20.2 Å². The van der Waals surface area contributed by atoms with E-state index in [1.165, 1.54) is 0 Å². The van der Waals surface area contributed by atoms with Crippen molar-refractivity contribution < 1.29 is 9.59 Å². The summed E-state index contributed by atoms with van der Waals surface area (Å²) in [7, 11) is 0. The molecule has 0 saturated carbocycles. The molecule has 4 nitrogen and oxygen atoms in total. The highest BCUT2D eigenvalue weighted by Crippen LogP contribution is 2.15. The molecule has 0 bridgehead atoms. The van der Waals surface area contributed by atoms with E-state index >= 15 is 0 Å². The van der Waals surface area contributed by atoms with E-state index in [9.17, 15) is 9.59 Å². The summed E-state index contributed by atoms with van der Waals surface area (Å²) in [5, 5.41) is 5.29. The molecule has 0 aliphatic carbocycles. The number of nitrogens with one attached hydrogen (secondary N) is 2. The maximum atomic E-state index is 11.9. The van der Waals surface area contributed by atoms with Crippen LogP contribution in [0, 0.1) is 0 Å². The molecule has 0 unspecified atom stereocenters. The average Bonchev–Trinajstić information content (AvgIpc) is 2.45. The van der Waals surface area contributed by atoms with Crippen molar-refractivity contribution in [1.82, 2.24) is 5.32 Å². The lowest BCUT2D eigenvalue weighted by molar-refractivity contribution is -0.115. The third-order valence-electron chi connectivity index (χ3n) is 2.60. The van der Waals surface area contributed by atoms with Gasteiger partial charge in [0.1, 0.15) is 0 Å². The number of hydrogen-bond donors (Lipinski definition) is 2. The second kappa shape index (κ2) is 7.38. The summed E-state index contributed by atoms with van der Waals surface area (Å²) in [5.74, 6) is -0.572. The Balaban J connectivity index is 1.88. The normalized spacial score (nSPS) is 10.0. The molecule has 0 spiro atoms. The molecular weight excluding hydrogens is 400 g/mol. The van der Waals surface area contributed by atoms with Crippen LogP contribution in [0.4, 0.5) is 5.69 Å². The molecule has 0 aliphatic rings. The van der Waals surface area contributed by atoms with Crippen LogP contribution >= 0.6 is 31.9 Å².